The number of benzene rings is 1. The number of nitrogens with zero attached hydrogens (tertiary/aromatic N) is 1. The average molecular weight is 332 g/mol. The van der Waals surface area contributed by atoms with E-state index in [0.717, 1.165) is 29.1 Å². The Morgan fingerprint density at radius 1 is 1.50 bits per heavy atom. The highest BCUT2D eigenvalue weighted by molar-refractivity contribution is 9.10. The van der Waals surface area contributed by atoms with Crippen LogP contribution in [0.15, 0.2) is 22.7 Å². The van der Waals surface area contributed by atoms with Gasteiger partial charge in [0.05, 0.1) is 5.02 Å². The number of likely N-dealkylation sites (tertiary alicyclic amines) is 1. The molecule has 0 saturated carbocycles. The molecule has 0 aliphatic carbocycles. The van der Waals surface area contributed by atoms with Gasteiger partial charge in [-0.25, -0.2) is 0 Å². The molecule has 18 heavy (non-hydrogen) atoms. The number of nitrogens with one attached hydrogen (secondary N) is 1. The zero-order valence-electron chi connectivity index (χ0n) is 11.1. The minimum atomic E-state index is 0.327. The predicted octanol–water partition coefficient (Wildman–Crippen LogP) is 3.53. The van der Waals surface area contributed by atoms with Crippen LogP contribution in [0, 0.1) is 5.41 Å². The molecular weight excluding hydrogens is 312 g/mol. The summed E-state index contributed by atoms with van der Waals surface area (Å²) in [6.07, 6.45) is 0. The molecule has 1 heterocycles. The number of rotatable bonds is 3. The van der Waals surface area contributed by atoms with Crippen molar-refractivity contribution in [2.75, 3.05) is 20.1 Å². The van der Waals surface area contributed by atoms with Crippen LogP contribution < -0.4 is 5.32 Å². The van der Waals surface area contributed by atoms with Gasteiger partial charge in [0.25, 0.3) is 0 Å². The maximum Gasteiger partial charge on any atom is 0.0551 e. The SMILES string of the molecule is CN1CC(NCc2ccc(Br)c(Cl)c2)C(C)(C)C1. The lowest BCUT2D eigenvalue weighted by atomic mass is 9.88. The molecule has 2 rings (SSSR count). The molecule has 1 aromatic carbocycles. The molecule has 4 heteroatoms. The van der Waals surface area contributed by atoms with Gasteiger partial charge < -0.3 is 10.2 Å². The van der Waals surface area contributed by atoms with Gasteiger partial charge in [0.15, 0.2) is 0 Å². The van der Waals surface area contributed by atoms with E-state index in [9.17, 15) is 0 Å². The molecule has 1 N–H and O–H groups in total. The molecule has 0 aromatic heterocycles. The number of halogens is 2. The fourth-order valence-electron chi connectivity index (χ4n) is 2.66. The van der Waals surface area contributed by atoms with E-state index in [1.54, 1.807) is 0 Å². The highest BCUT2D eigenvalue weighted by Gasteiger charge is 2.37. The Morgan fingerprint density at radius 3 is 2.78 bits per heavy atom. The van der Waals surface area contributed by atoms with E-state index in [2.05, 4.69) is 53.1 Å². The van der Waals surface area contributed by atoms with Crippen LogP contribution in [0.5, 0.6) is 0 Å². The summed E-state index contributed by atoms with van der Waals surface area (Å²) < 4.78 is 0.953. The van der Waals surface area contributed by atoms with Gasteiger partial charge in [0, 0.05) is 30.1 Å². The average Bonchev–Trinajstić information content (AvgIpc) is 2.53. The largest absolute Gasteiger partial charge is 0.308 e. The van der Waals surface area contributed by atoms with Gasteiger partial charge >= 0.3 is 0 Å². The number of likely N-dealkylation sites (N-methyl/N-ethyl adjacent to an activating group) is 1. The highest BCUT2D eigenvalue weighted by atomic mass is 79.9. The van der Waals surface area contributed by atoms with Crippen LogP contribution in [0.1, 0.15) is 19.4 Å². The molecule has 0 amide bonds. The van der Waals surface area contributed by atoms with Gasteiger partial charge in [-0.1, -0.05) is 31.5 Å². The van der Waals surface area contributed by atoms with Crippen molar-refractivity contribution >= 4 is 27.5 Å². The van der Waals surface area contributed by atoms with E-state index in [0.29, 0.717) is 11.5 Å². The Bertz CT molecular complexity index is 434. The first-order valence-corrected chi connectivity index (χ1v) is 7.41. The number of hydrogen-bond donors (Lipinski definition) is 1. The van der Waals surface area contributed by atoms with Crippen LogP contribution in [0.3, 0.4) is 0 Å². The zero-order chi connectivity index (χ0) is 13.3. The molecule has 0 radical (unpaired) electrons. The van der Waals surface area contributed by atoms with Crippen molar-refractivity contribution in [1.29, 1.82) is 0 Å². The fraction of sp³-hybridized carbons (Fsp3) is 0.571. The van der Waals surface area contributed by atoms with E-state index in [1.165, 1.54) is 5.56 Å². The third-order valence-electron chi connectivity index (χ3n) is 3.65. The van der Waals surface area contributed by atoms with Crippen molar-refractivity contribution in [3.8, 4) is 0 Å². The smallest absolute Gasteiger partial charge is 0.0551 e. The Morgan fingerprint density at radius 2 is 2.22 bits per heavy atom. The summed E-state index contributed by atoms with van der Waals surface area (Å²) in [6.45, 7) is 7.77. The van der Waals surface area contributed by atoms with Crippen molar-refractivity contribution in [3.05, 3.63) is 33.3 Å². The first-order chi connectivity index (χ1) is 8.38. The second-order valence-electron chi connectivity index (χ2n) is 5.87. The minimum Gasteiger partial charge on any atom is -0.308 e. The van der Waals surface area contributed by atoms with Crippen LogP contribution in [0.4, 0.5) is 0 Å². The summed E-state index contributed by atoms with van der Waals surface area (Å²) >= 11 is 9.52. The molecule has 1 aliphatic rings. The topological polar surface area (TPSA) is 15.3 Å². The van der Waals surface area contributed by atoms with Gasteiger partial charge in [0.2, 0.25) is 0 Å². The lowest BCUT2D eigenvalue weighted by Crippen LogP contribution is -2.40. The summed E-state index contributed by atoms with van der Waals surface area (Å²) in [5.41, 5.74) is 1.56. The van der Waals surface area contributed by atoms with E-state index < -0.39 is 0 Å². The summed E-state index contributed by atoms with van der Waals surface area (Å²) in [4.78, 5) is 2.38. The third-order valence-corrected chi connectivity index (χ3v) is 4.88. The maximum absolute atomic E-state index is 6.11. The van der Waals surface area contributed by atoms with E-state index in [4.69, 9.17) is 11.6 Å². The van der Waals surface area contributed by atoms with Gasteiger partial charge in [-0.2, -0.15) is 0 Å². The monoisotopic (exact) mass is 330 g/mol. The Balaban J connectivity index is 1.97. The van der Waals surface area contributed by atoms with Crippen molar-refractivity contribution in [3.63, 3.8) is 0 Å². The number of hydrogen-bond acceptors (Lipinski definition) is 2. The summed E-state index contributed by atoms with van der Waals surface area (Å²) in [7, 11) is 2.18. The molecule has 1 saturated heterocycles. The summed E-state index contributed by atoms with van der Waals surface area (Å²) in [5, 5.41) is 4.42. The van der Waals surface area contributed by atoms with Gasteiger partial charge in [-0.15, -0.1) is 0 Å². The van der Waals surface area contributed by atoms with Gasteiger partial charge in [0.1, 0.15) is 0 Å². The predicted molar refractivity (Wildman–Crippen MR) is 81.1 cm³/mol. The molecule has 1 aliphatic heterocycles. The Labute approximate surface area is 123 Å². The molecule has 0 bridgehead atoms. The van der Waals surface area contributed by atoms with E-state index >= 15 is 0 Å². The molecular formula is C14H20BrClN2. The minimum absolute atomic E-state index is 0.327. The molecule has 1 aromatic rings. The maximum atomic E-state index is 6.11. The summed E-state index contributed by atoms with van der Waals surface area (Å²) in [5.74, 6) is 0. The van der Waals surface area contributed by atoms with Crippen LogP contribution in [0.25, 0.3) is 0 Å². The van der Waals surface area contributed by atoms with Gasteiger partial charge in [-0.3, -0.25) is 0 Å². The summed E-state index contributed by atoms with van der Waals surface area (Å²) in [6, 6.07) is 6.66. The van der Waals surface area contributed by atoms with Crippen LogP contribution in [-0.4, -0.2) is 31.1 Å². The highest BCUT2D eigenvalue weighted by Crippen LogP contribution is 2.29. The standard InChI is InChI=1S/C14H20BrClN2/c1-14(2)9-18(3)8-13(14)17-7-10-4-5-11(15)12(16)6-10/h4-6,13,17H,7-9H2,1-3H3. The molecule has 1 unspecified atom stereocenters. The Hall–Kier alpha value is -0.0900. The second-order valence-corrected chi connectivity index (χ2v) is 7.13. The quantitative estimate of drug-likeness (QED) is 0.911. The van der Waals surface area contributed by atoms with Crippen LogP contribution >= 0.6 is 27.5 Å². The molecule has 1 fully saturated rings. The normalized spacial score (nSPS) is 23.5. The van der Waals surface area contributed by atoms with E-state index in [1.807, 2.05) is 12.1 Å². The van der Waals surface area contributed by atoms with Crippen molar-refractivity contribution in [2.24, 2.45) is 5.41 Å². The lowest BCUT2D eigenvalue weighted by molar-refractivity contribution is 0.297. The van der Waals surface area contributed by atoms with Crippen LogP contribution in [-0.2, 0) is 6.54 Å². The third kappa shape index (κ3) is 3.27. The molecule has 1 atom stereocenters. The van der Waals surface area contributed by atoms with Crippen molar-refractivity contribution in [1.82, 2.24) is 10.2 Å². The van der Waals surface area contributed by atoms with Crippen molar-refractivity contribution in [2.45, 2.75) is 26.4 Å². The van der Waals surface area contributed by atoms with Crippen LogP contribution in [0.2, 0.25) is 5.02 Å². The second kappa shape index (κ2) is 5.49. The Kier molecular flexibility index (Phi) is 4.37. The van der Waals surface area contributed by atoms with Crippen molar-refractivity contribution < 1.29 is 0 Å². The zero-order valence-corrected chi connectivity index (χ0v) is 13.5. The fourth-order valence-corrected chi connectivity index (χ4v) is 3.11. The molecule has 2 nitrogen and oxygen atoms in total. The molecule has 0 spiro atoms. The van der Waals surface area contributed by atoms with Gasteiger partial charge in [-0.05, 0) is 46.1 Å². The first kappa shape index (κ1) is 14.3. The molecule has 100 valence electrons. The first-order valence-electron chi connectivity index (χ1n) is 6.24. The lowest BCUT2D eigenvalue weighted by Gasteiger charge is -2.26. The van der Waals surface area contributed by atoms with E-state index in [-0.39, 0.29) is 0 Å².